The molecule has 0 aliphatic rings. The first-order valence-electron chi connectivity index (χ1n) is 13.1. The molecule has 276 valence electrons. The van der Waals surface area contributed by atoms with Gasteiger partial charge in [-0.05, 0) is 89.7 Å². The number of hydrogen-bond acceptors (Lipinski definition) is 14. The normalized spacial score (nSPS) is 12.1. The molecule has 0 spiro atoms. The molecule has 12 N–H and O–H groups in total. The first-order chi connectivity index (χ1) is 20.4. The summed E-state index contributed by atoms with van der Waals surface area (Å²) in [5.41, 5.74) is -4.69. The molecule has 0 saturated carbocycles. The molecule has 51 heavy (non-hydrogen) atoms. The van der Waals surface area contributed by atoms with Gasteiger partial charge >= 0.3 is 133 Å². The minimum Gasteiger partial charge on any atom is -0.809 e. The van der Waals surface area contributed by atoms with Crippen molar-refractivity contribution in [2.45, 2.75) is 59.6 Å². The van der Waals surface area contributed by atoms with Crippen molar-refractivity contribution >= 4 is 53.9 Å². The topological polar surface area (TPSA) is 386 Å². The van der Waals surface area contributed by atoms with Gasteiger partial charge in [0.2, 0.25) is 0 Å². The largest absolute Gasteiger partial charge is 1.00 e. The number of rotatable bonds is 20. The maximum absolute atomic E-state index is 11.0. The van der Waals surface area contributed by atoms with Gasteiger partial charge in [-0.15, -0.1) is 23.5 Å². The molecule has 19 nitrogen and oxygen atoms in total. The van der Waals surface area contributed by atoms with Crippen LogP contribution in [-0.4, -0.2) is 81.6 Å². The van der Waals surface area contributed by atoms with Gasteiger partial charge < -0.3 is 64.7 Å². The summed E-state index contributed by atoms with van der Waals surface area (Å²) < 4.78 is 43.5. The summed E-state index contributed by atoms with van der Waals surface area (Å²) in [6.07, 6.45) is 7.60. The molecule has 0 saturated heterocycles. The Labute approximate surface area is 394 Å². The van der Waals surface area contributed by atoms with E-state index in [0.29, 0.717) is 12.8 Å². The minimum atomic E-state index is -5.39. The molecule has 0 radical (unpaired) electrons. The average molecular weight is 883 g/mol. The summed E-state index contributed by atoms with van der Waals surface area (Å²) in [5.74, 6) is 1.67. The number of nitrogens with one attached hydrogen (secondary N) is 2. The summed E-state index contributed by atoms with van der Waals surface area (Å²) in [6.45, 7) is 0.108. The molecule has 2 unspecified atom stereocenters. The molecule has 2 heterocycles. The maximum atomic E-state index is 11.0. The standard InChI is InChI=1S/2C11H20N2O6P2S.4Na.3H2O/c2*14-20(15,16)11(21(17,18)19)13-8-3-1-5-9-22-10-6-2-4-7-12-10;;;;;;;/h2*2,4,6-7,11,13H,1,3,5,8-9H2,(H2,14,15,16)(H2,17,18,19);;;;;3*1H2/q;;4*+1;;;/p-4. The van der Waals surface area contributed by atoms with Gasteiger partial charge in [0.25, 0.3) is 0 Å². The van der Waals surface area contributed by atoms with Crippen molar-refractivity contribution in [3.63, 3.8) is 0 Å². The first-order valence-corrected chi connectivity index (χ1v) is 21.7. The van der Waals surface area contributed by atoms with Gasteiger partial charge in [0.1, 0.15) is 11.0 Å². The Balaban J connectivity index is -0.000000134. The van der Waals surface area contributed by atoms with Crippen LogP contribution in [0.2, 0.25) is 0 Å². The fraction of sp³-hybridized carbons (Fsp3) is 0.545. The maximum Gasteiger partial charge on any atom is 1.00 e. The Hall–Kier alpha value is 3.40. The van der Waals surface area contributed by atoms with Crippen LogP contribution < -0.4 is 148 Å². The van der Waals surface area contributed by atoms with Crippen LogP contribution in [0.5, 0.6) is 0 Å². The summed E-state index contributed by atoms with van der Waals surface area (Å²) in [4.78, 5) is 86.9. The quantitative estimate of drug-likeness (QED) is 0.0311. The van der Waals surface area contributed by atoms with E-state index in [1.54, 1.807) is 35.9 Å². The van der Waals surface area contributed by atoms with Crippen LogP contribution in [0.25, 0.3) is 0 Å². The second-order valence-electron chi connectivity index (χ2n) is 9.07. The number of hydrogen-bond donors (Lipinski definition) is 6. The summed E-state index contributed by atoms with van der Waals surface area (Å²) >= 11 is 3.19. The molecule has 0 bridgehead atoms. The third kappa shape index (κ3) is 35.1. The van der Waals surface area contributed by atoms with Crippen LogP contribution in [0.15, 0.2) is 58.8 Å². The van der Waals surface area contributed by atoms with E-state index in [-0.39, 0.29) is 148 Å². The number of unbranched alkanes of at least 4 members (excludes halogenated alkanes) is 4. The van der Waals surface area contributed by atoms with Crippen molar-refractivity contribution < 1.29 is 192 Å². The predicted octanol–water partition coefficient (Wildman–Crippen LogP) is -13.8. The molecule has 2 aromatic heterocycles. The second kappa shape index (κ2) is 36.5. The molecular weight excluding hydrogens is 840 g/mol. The van der Waals surface area contributed by atoms with Crippen molar-refractivity contribution in [3.05, 3.63) is 48.8 Å². The summed E-state index contributed by atoms with van der Waals surface area (Å²) in [5, 5.41) is 6.11. The summed E-state index contributed by atoms with van der Waals surface area (Å²) in [6, 6.07) is 11.3. The van der Waals surface area contributed by atoms with Gasteiger partial charge in [-0.25, -0.2) is 9.97 Å². The van der Waals surface area contributed by atoms with Gasteiger partial charge in [-0.3, -0.25) is 19.8 Å². The van der Waals surface area contributed by atoms with Gasteiger partial charge in [0, 0.05) is 12.4 Å². The first kappa shape index (κ1) is 69.0. The summed E-state index contributed by atoms with van der Waals surface area (Å²) in [7, 11) is -20.8. The minimum absolute atomic E-state index is 0. The Morgan fingerprint density at radius 3 is 1.12 bits per heavy atom. The van der Waals surface area contributed by atoms with Crippen LogP contribution in [0, 0.1) is 0 Å². The smallest absolute Gasteiger partial charge is 0.809 e. The van der Waals surface area contributed by atoms with E-state index in [1.807, 2.05) is 36.4 Å². The monoisotopic (exact) mass is 882 g/mol. The Bertz CT molecular complexity index is 1150. The molecule has 0 aliphatic carbocycles. The SMILES string of the molecule is O.O.O.O=P([O-])([O-])C(NCCCCCSc1ccccn1)P(=O)(O)O.O=P([O-])([O-])C(NCCCCCSc1ccccn1)P(=O)(O)O.[Na+].[Na+].[Na+].[Na+]. The number of nitrogens with zero attached hydrogens (tertiary/aromatic N) is 2. The van der Waals surface area contributed by atoms with Crippen molar-refractivity contribution in [2.75, 3.05) is 24.6 Å². The molecule has 2 atom stereocenters. The molecule has 0 fully saturated rings. The van der Waals surface area contributed by atoms with Crippen molar-refractivity contribution in [1.82, 2.24) is 20.6 Å². The molecular formula is C22H42N4Na4O15P4S2. The van der Waals surface area contributed by atoms with Crippen LogP contribution in [-0.2, 0) is 18.3 Å². The van der Waals surface area contributed by atoms with E-state index in [2.05, 4.69) is 20.6 Å². The number of pyridine rings is 2. The average Bonchev–Trinajstić information content (AvgIpc) is 2.90. The zero-order valence-corrected chi connectivity index (χ0v) is 42.1. The Morgan fingerprint density at radius 2 is 0.882 bits per heavy atom. The second-order valence-corrected chi connectivity index (χ2v) is 18.7. The molecule has 2 rings (SSSR count). The van der Waals surface area contributed by atoms with E-state index in [1.165, 1.54) is 0 Å². The Morgan fingerprint density at radius 1 is 0.569 bits per heavy atom. The fourth-order valence-electron chi connectivity index (χ4n) is 3.32. The van der Waals surface area contributed by atoms with Crippen molar-refractivity contribution in [2.24, 2.45) is 0 Å². The third-order valence-electron chi connectivity index (χ3n) is 5.31. The van der Waals surface area contributed by atoms with E-state index in [0.717, 1.165) is 47.2 Å². The Kier molecular flexibility index (Phi) is 49.4. The van der Waals surface area contributed by atoms with Crippen LogP contribution in [0.1, 0.15) is 38.5 Å². The van der Waals surface area contributed by atoms with E-state index >= 15 is 0 Å². The fourth-order valence-corrected chi connectivity index (χ4v) is 9.44. The van der Waals surface area contributed by atoms with Crippen LogP contribution in [0.3, 0.4) is 0 Å². The van der Waals surface area contributed by atoms with E-state index in [4.69, 9.17) is 19.6 Å². The van der Waals surface area contributed by atoms with Gasteiger partial charge in [-0.2, -0.15) is 0 Å². The van der Waals surface area contributed by atoms with E-state index < -0.39 is 41.4 Å². The van der Waals surface area contributed by atoms with Crippen molar-refractivity contribution in [3.8, 4) is 0 Å². The molecule has 0 aromatic carbocycles. The molecule has 29 heteroatoms. The third-order valence-corrected chi connectivity index (χ3v) is 14.1. The van der Waals surface area contributed by atoms with Gasteiger partial charge in [0.05, 0.1) is 10.1 Å². The zero-order chi connectivity index (χ0) is 33.3. The predicted molar refractivity (Wildman–Crippen MR) is 171 cm³/mol. The van der Waals surface area contributed by atoms with Crippen molar-refractivity contribution in [1.29, 1.82) is 0 Å². The zero-order valence-electron chi connectivity index (χ0n) is 28.9. The van der Waals surface area contributed by atoms with E-state index in [9.17, 15) is 37.8 Å². The van der Waals surface area contributed by atoms with Crippen LogP contribution in [0.4, 0.5) is 0 Å². The van der Waals surface area contributed by atoms with Crippen LogP contribution >= 0.6 is 53.9 Å². The molecule has 2 aromatic rings. The van der Waals surface area contributed by atoms with Gasteiger partial charge in [0.15, 0.2) is 0 Å². The van der Waals surface area contributed by atoms with Gasteiger partial charge in [-0.1, -0.05) is 25.0 Å². The number of aromatic nitrogens is 2. The molecule has 0 aliphatic heterocycles. The number of thioether (sulfide) groups is 2. The molecule has 0 amide bonds.